The highest BCUT2D eigenvalue weighted by Crippen LogP contribution is 2.28. The van der Waals surface area contributed by atoms with Gasteiger partial charge in [0.15, 0.2) is 0 Å². The Labute approximate surface area is 120 Å². The highest BCUT2D eigenvalue weighted by Gasteiger charge is 2.21. The van der Waals surface area contributed by atoms with Crippen molar-refractivity contribution in [2.45, 2.75) is 45.2 Å². The molecule has 0 unspecified atom stereocenters. The molecular weight excluding hydrogens is 248 g/mol. The zero-order chi connectivity index (χ0) is 13.8. The van der Waals surface area contributed by atoms with Crippen LogP contribution in [0.5, 0.6) is 0 Å². The Bertz CT molecular complexity index is 528. The van der Waals surface area contributed by atoms with Crippen LogP contribution in [0.4, 0.5) is 0 Å². The summed E-state index contributed by atoms with van der Waals surface area (Å²) >= 11 is 0. The van der Waals surface area contributed by atoms with Crippen LogP contribution in [0.25, 0.3) is 11.3 Å². The summed E-state index contributed by atoms with van der Waals surface area (Å²) in [4.78, 5) is 0. The molecule has 1 aliphatic rings. The van der Waals surface area contributed by atoms with E-state index in [1.54, 1.807) is 0 Å². The van der Waals surface area contributed by atoms with Crippen LogP contribution >= 0.6 is 0 Å². The number of aromatic amines is 1. The second-order valence-corrected chi connectivity index (χ2v) is 5.70. The largest absolute Gasteiger partial charge is 0.308 e. The summed E-state index contributed by atoms with van der Waals surface area (Å²) in [5, 5.41) is 14.9. The molecular formula is C16H22N4. The minimum absolute atomic E-state index is 0.554. The van der Waals surface area contributed by atoms with Crippen LogP contribution < -0.4 is 5.32 Å². The summed E-state index contributed by atoms with van der Waals surface area (Å²) < 4.78 is 0. The van der Waals surface area contributed by atoms with E-state index in [4.69, 9.17) is 0 Å². The van der Waals surface area contributed by atoms with Gasteiger partial charge >= 0.3 is 0 Å². The number of hydrogen-bond acceptors (Lipinski definition) is 3. The Kier molecular flexibility index (Phi) is 4.11. The fourth-order valence-corrected chi connectivity index (χ4v) is 3.08. The Morgan fingerprint density at radius 2 is 1.95 bits per heavy atom. The van der Waals surface area contributed by atoms with E-state index in [0.29, 0.717) is 6.04 Å². The standard InChI is InChI=1S/C16H22N4/c1-12(13-7-5-6-8-13)17-11-15-16(19-20-18-15)14-9-3-2-4-10-14/h2-4,9-10,12-13,17H,5-8,11H2,1H3,(H,18,19,20)/t12-/m1/s1. The SMILES string of the molecule is C[C@@H](NCc1n[nH]nc1-c1ccccc1)C1CCCC1. The summed E-state index contributed by atoms with van der Waals surface area (Å²) in [6.07, 6.45) is 5.49. The summed E-state index contributed by atoms with van der Waals surface area (Å²) in [6, 6.07) is 10.8. The van der Waals surface area contributed by atoms with Gasteiger partial charge in [-0.05, 0) is 25.7 Å². The maximum absolute atomic E-state index is 4.29. The van der Waals surface area contributed by atoms with Crippen molar-refractivity contribution in [1.29, 1.82) is 0 Å². The Morgan fingerprint density at radius 3 is 2.70 bits per heavy atom. The first-order valence-electron chi connectivity index (χ1n) is 7.53. The third-order valence-electron chi connectivity index (χ3n) is 4.37. The molecule has 1 aromatic heterocycles. The van der Waals surface area contributed by atoms with E-state index in [1.807, 2.05) is 18.2 Å². The smallest absolute Gasteiger partial charge is 0.117 e. The molecule has 106 valence electrons. The van der Waals surface area contributed by atoms with Crippen LogP contribution in [0.3, 0.4) is 0 Å². The van der Waals surface area contributed by atoms with Gasteiger partial charge in [0.05, 0.1) is 0 Å². The molecule has 1 heterocycles. The lowest BCUT2D eigenvalue weighted by Gasteiger charge is -2.19. The Balaban J connectivity index is 1.65. The third-order valence-corrected chi connectivity index (χ3v) is 4.37. The van der Waals surface area contributed by atoms with Crippen LogP contribution in [-0.2, 0) is 6.54 Å². The van der Waals surface area contributed by atoms with E-state index in [2.05, 4.69) is 39.8 Å². The van der Waals surface area contributed by atoms with Crippen LogP contribution in [0, 0.1) is 5.92 Å². The molecule has 1 aromatic carbocycles. The van der Waals surface area contributed by atoms with Crippen LogP contribution in [0.15, 0.2) is 30.3 Å². The molecule has 0 amide bonds. The zero-order valence-corrected chi connectivity index (χ0v) is 12.0. The van der Waals surface area contributed by atoms with E-state index in [0.717, 1.165) is 29.4 Å². The monoisotopic (exact) mass is 270 g/mol. The first kappa shape index (κ1) is 13.3. The summed E-state index contributed by atoms with van der Waals surface area (Å²) in [5.74, 6) is 0.821. The number of rotatable bonds is 5. The summed E-state index contributed by atoms with van der Waals surface area (Å²) in [7, 11) is 0. The molecule has 1 saturated carbocycles. The molecule has 3 rings (SSSR count). The van der Waals surface area contributed by atoms with Crippen molar-refractivity contribution in [3.05, 3.63) is 36.0 Å². The topological polar surface area (TPSA) is 53.6 Å². The molecule has 20 heavy (non-hydrogen) atoms. The summed E-state index contributed by atoms with van der Waals surface area (Å²) in [5.41, 5.74) is 3.07. The fraction of sp³-hybridized carbons (Fsp3) is 0.500. The van der Waals surface area contributed by atoms with Gasteiger partial charge in [0.1, 0.15) is 11.4 Å². The molecule has 0 radical (unpaired) electrons. The second-order valence-electron chi connectivity index (χ2n) is 5.70. The Morgan fingerprint density at radius 1 is 1.20 bits per heavy atom. The number of H-pyrrole nitrogens is 1. The molecule has 4 heteroatoms. The predicted octanol–water partition coefficient (Wildman–Crippen LogP) is 3.14. The van der Waals surface area contributed by atoms with Crippen molar-refractivity contribution < 1.29 is 0 Å². The van der Waals surface area contributed by atoms with Gasteiger partial charge in [-0.25, -0.2) is 0 Å². The van der Waals surface area contributed by atoms with Gasteiger partial charge in [0, 0.05) is 18.2 Å². The zero-order valence-electron chi connectivity index (χ0n) is 12.0. The predicted molar refractivity (Wildman–Crippen MR) is 80.1 cm³/mol. The van der Waals surface area contributed by atoms with Crippen molar-refractivity contribution in [2.75, 3.05) is 0 Å². The molecule has 1 atom stereocenters. The van der Waals surface area contributed by atoms with Crippen LogP contribution in [0.2, 0.25) is 0 Å². The maximum Gasteiger partial charge on any atom is 0.117 e. The number of nitrogens with zero attached hydrogens (tertiary/aromatic N) is 2. The molecule has 0 bridgehead atoms. The van der Waals surface area contributed by atoms with E-state index >= 15 is 0 Å². The van der Waals surface area contributed by atoms with E-state index in [1.165, 1.54) is 25.7 Å². The normalized spacial score (nSPS) is 17.4. The Hall–Kier alpha value is -1.68. The van der Waals surface area contributed by atoms with E-state index < -0.39 is 0 Å². The van der Waals surface area contributed by atoms with Gasteiger partial charge in [-0.15, -0.1) is 0 Å². The van der Waals surface area contributed by atoms with E-state index in [-0.39, 0.29) is 0 Å². The molecule has 2 N–H and O–H groups in total. The highest BCUT2D eigenvalue weighted by molar-refractivity contribution is 5.60. The number of aromatic nitrogens is 3. The van der Waals surface area contributed by atoms with Gasteiger partial charge in [-0.1, -0.05) is 43.2 Å². The lowest BCUT2D eigenvalue weighted by Crippen LogP contribution is -2.32. The van der Waals surface area contributed by atoms with Crippen molar-refractivity contribution in [3.63, 3.8) is 0 Å². The van der Waals surface area contributed by atoms with Crippen LogP contribution in [-0.4, -0.2) is 21.5 Å². The average molecular weight is 270 g/mol. The molecule has 0 spiro atoms. The summed E-state index contributed by atoms with van der Waals surface area (Å²) in [6.45, 7) is 3.07. The van der Waals surface area contributed by atoms with Crippen molar-refractivity contribution in [3.8, 4) is 11.3 Å². The molecule has 1 fully saturated rings. The van der Waals surface area contributed by atoms with Gasteiger partial charge in [0.2, 0.25) is 0 Å². The van der Waals surface area contributed by atoms with Gasteiger partial charge in [0.25, 0.3) is 0 Å². The second kappa shape index (κ2) is 6.18. The van der Waals surface area contributed by atoms with E-state index in [9.17, 15) is 0 Å². The molecule has 4 nitrogen and oxygen atoms in total. The highest BCUT2D eigenvalue weighted by atomic mass is 15.3. The number of hydrogen-bond donors (Lipinski definition) is 2. The lowest BCUT2D eigenvalue weighted by molar-refractivity contribution is 0.379. The molecule has 0 saturated heterocycles. The van der Waals surface area contributed by atoms with Crippen molar-refractivity contribution in [2.24, 2.45) is 5.92 Å². The van der Waals surface area contributed by atoms with Gasteiger partial charge in [-0.3, -0.25) is 0 Å². The van der Waals surface area contributed by atoms with Crippen molar-refractivity contribution in [1.82, 2.24) is 20.7 Å². The molecule has 0 aliphatic heterocycles. The van der Waals surface area contributed by atoms with Crippen LogP contribution in [0.1, 0.15) is 38.3 Å². The van der Waals surface area contributed by atoms with Gasteiger partial charge in [-0.2, -0.15) is 15.4 Å². The molecule has 1 aliphatic carbocycles. The number of nitrogens with one attached hydrogen (secondary N) is 2. The lowest BCUT2D eigenvalue weighted by atomic mass is 10.00. The van der Waals surface area contributed by atoms with Gasteiger partial charge < -0.3 is 5.32 Å². The molecule has 2 aromatic rings. The number of benzene rings is 1. The first-order chi connectivity index (χ1) is 9.84. The minimum Gasteiger partial charge on any atom is -0.308 e. The third kappa shape index (κ3) is 2.90. The quantitative estimate of drug-likeness (QED) is 0.877. The minimum atomic E-state index is 0.554. The van der Waals surface area contributed by atoms with Crippen molar-refractivity contribution >= 4 is 0 Å². The first-order valence-corrected chi connectivity index (χ1v) is 7.53. The fourth-order valence-electron chi connectivity index (χ4n) is 3.08. The average Bonchev–Trinajstić information content (AvgIpc) is 3.17. The maximum atomic E-state index is 4.29.